The molecule has 0 saturated carbocycles. The second-order valence-corrected chi connectivity index (χ2v) is 3.80. The van der Waals surface area contributed by atoms with Gasteiger partial charge < -0.3 is 10.4 Å². The number of carbonyl (C=O) groups is 1. The topological polar surface area (TPSA) is 62.2 Å². The molecule has 0 bridgehead atoms. The number of anilines is 2. The Morgan fingerprint density at radius 2 is 2.18 bits per heavy atom. The van der Waals surface area contributed by atoms with Gasteiger partial charge in [0.15, 0.2) is 0 Å². The zero-order valence-electron chi connectivity index (χ0n) is 8.72. The molecule has 0 aliphatic rings. The Labute approximate surface area is 103 Å². The second kappa shape index (κ2) is 4.84. The summed E-state index contributed by atoms with van der Waals surface area (Å²) in [5, 5.41) is 12.4. The molecule has 0 amide bonds. The van der Waals surface area contributed by atoms with Gasteiger partial charge >= 0.3 is 5.97 Å². The summed E-state index contributed by atoms with van der Waals surface area (Å²) in [4.78, 5) is 15.0. The van der Waals surface area contributed by atoms with Crippen LogP contribution in [0.4, 0.5) is 11.4 Å². The summed E-state index contributed by atoms with van der Waals surface area (Å²) in [6.07, 6.45) is 3.26. The van der Waals surface area contributed by atoms with Crippen LogP contribution in [0.15, 0.2) is 42.7 Å². The molecule has 0 aliphatic carbocycles. The third kappa shape index (κ3) is 2.73. The first-order valence-corrected chi connectivity index (χ1v) is 5.24. The van der Waals surface area contributed by atoms with Crippen molar-refractivity contribution < 1.29 is 9.90 Å². The van der Waals surface area contributed by atoms with Gasteiger partial charge in [-0.15, -0.1) is 0 Å². The van der Waals surface area contributed by atoms with Crippen LogP contribution in [-0.4, -0.2) is 16.1 Å². The van der Waals surface area contributed by atoms with Gasteiger partial charge in [-0.25, -0.2) is 4.79 Å². The summed E-state index contributed by atoms with van der Waals surface area (Å²) in [5.74, 6) is -1.03. The van der Waals surface area contributed by atoms with Crippen molar-refractivity contribution in [2.24, 2.45) is 0 Å². The smallest absolute Gasteiger partial charge is 0.337 e. The number of pyridine rings is 1. The van der Waals surface area contributed by atoms with E-state index in [1.54, 1.807) is 36.7 Å². The number of aromatic carboxylic acids is 1. The van der Waals surface area contributed by atoms with Gasteiger partial charge in [0.2, 0.25) is 0 Å². The Kier molecular flexibility index (Phi) is 3.25. The van der Waals surface area contributed by atoms with Gasteiger partial charge in [0.25, 0.3) is 0 Å². The molecule has 2 rings (SSSR count). The Morgan fingerprint density at radius 1 is 1.35 bits per heavy atom. The van der Waals surface area contributed by atoms with Crippen LogP contribution in [-0.2, 0) is 0 Å². The van der Waals surface area contributed by atoms with E-state index in [1.165, 1.54) is 6.07 Å². The van der Waals surface area contributed by atoms with E-state index < -0.39 is 5.97 Å². The van der Waals surface area contributed by atoms with Crippen molar-refractivity contribution in [3.63, 3.8) is 0 Å². The zero-order valence-corrected chi connectivity index (χ0v) is 9.48. The van der Waals surface area contributed by atoms with E-state index in [1.807, 2.05) is 0 Å². The lowest BCUT2D eigenvalue weighted by atomic mass is 10.1. The lowest BCUT2D eigenvalue weighted by Crippen LogP contribution is -2.02. The predicted molar refractivity (Wildman–Crippen MR) is 65.9 cm³/mol. The highest BCUT2D eigenvalue weighted by Gasteiger charge is 2.10. The maximum atomic E-state index is 11.0. The number of nitrogens with zero attached hydrogens (tertiary/aromatic N) is 1. The summed E-state index contributed by atoms with van der Waals surface area (Å²) in [7, 11) is 0. The van der Waals surface area contributed by atoms with Gasteiger partial charge in [0, 0.05) is 11.2 Å². The van der Waals surface area contributed by atoms with Crippen molar-refractivity contribution in [3.8, 4) is 0 Å². The molecule has 5 heteroatoms. The number of rotatable bonds is 3. The zero-order chi connectivity index (χ0) is 12.3. The number of hydrogen-bond donors (Lipinski definition) is 2. The highest BCUT2D eigenvalue weighted by atomic mass is 35.5. The molecule has 2 N–H and O–H groups in total. The standard InChI is InChI=1S/C12H9ClN2O2/c13-8-3-4-11(10(6-8)12(16)17)15-9-2-1-5-14-7-9/h1-7,15H,(H,16,17). The molecular formula is C12H9ClN2O2. The van der Waals surface area contributed by atoms with E-state index in [4.69, 9.17) is 16.7 Å². The molecule has 2 aromatic rings. The molecule has 86 valence electrons. The molecule has 0 radical (unpaired) electrons. The van der Waals surface area contributed by atoms with Gasteiger partial charge in [-0.3, -0.25) is 4.98 Å². The first-order valence-electron chi connectivity index (χ1n) is 4.87. The van der Waals surface area contributed by atoms with E-state index in [2.05, 4.69) is 10.3 Å². The summed E-state index contributed by atoms with van der Waals surface area (Å²) in [6.45, 7) is 0. The average molecular weight is 249 g/mol. The van der Waals surface area contributed by atoms with Gasteiger partial charge in [-0.1, -0.05) is 11.6 Å². The molecule has 0 atom stereocenters. The normalized spacial score (nSPS) is 9.94. The number of nitrogens with one attached hydrogen (secondary N) is 1. The van der Waals surface area contributed by atoms with Crippen LogP contribution >= 0.6 is 11.6 Å². The first-order chi connectivity index (χ1) is 8.16. The number of carboxylic acid groups (broad SMARTS) is 1. The maximum absolute atomic E-state index is 11.0. The van der Waals surface area contributed by atoms with E-state index in [9.17, 15) is 4.79 Å². The fourth-order valence-electron chi connectivity index (χ4n) is 1.39. The fraction of sp³-hybridized carbons (Fsp3) is 0. The van der Waals surface area contributed by atoms with Crippen molar-refractivity contribution in [3.05, 3.63) is 53.3 Å². The molecule has 1 aromatic carbocycles. The Hall–Kier alpha value is -2.07. The minimum absolute atomic E-state index is 0.126. The summed E-state index contributed by atoms with van der Waals surface area (Å²) in [5.41, 5.74) is 1.33. The van der Waals surface area contributed by atoms with Crippen LogP contribution in [0.3, 0.4) is 0 Å². The third-order valence-corrected chi connectivity index (χ3v) is 2.39. The number of carboxylic acids is 1. The van der Waals surface area contributed by atoms with Crippen LogP contribution in [0, 0.1) is 0 Å². The summed E-state index contributed by atoms with van der Waals surface area (Å²) < 4.78 is 0. The van der Waals surface area contributed by atoms with Gasteiger partial charge in [0.1, 0.15) is 0 Å². The molecule has 0 fully saturated rings. The Balaban J connectivity index is 2.36. The molecular weight excluding hydrogens is 240 g/mol. The van der Waals surface area contributed by atoms with Crippen LogP contribution in [0.1, 0.15) is 10.4 Å². The monoisotopic (exact) mass is 248 g/mol. The highest BCUT2D eigenvalue weighted by Crippen LogP contribution is 2.23. The van der Waals surface area contributed by atoms with Crippen molar-refractivity contribution in [1.29, 1.82) is 0 Å². The molecule has 1 aromatic heterocycles. The van der Waals surface area contributed by atoms with Crippen LogP contribution < -0.4 is 5.32 Å². The largest absolute Gasteiger partial charge is 0.478 e. The quantitative estimate of drug-likeness (QED) is 0.876. The minimum atomic E-state index is -1.03. The van der Waals surface area contributed by atoms with Crippen molar-refractivity contribution in [2.75, 3.05) is 5.32 Å². The molecule has 0 unspecified atom stereocenters. The second-order valence-electron chi connectivity index (χ2n) is 3.36. The Bertz CT molecular complexity index is 543. The number of halogens is 1. The predicted octanol–water partition coefficient (Wildman–Crippen LogP) is 3.18. The number of aromatic nitrogens is 1. The van der Waals surface area contributed by atoms with Gasteiger partial charge in [0.05, 0.1) is 23.1 Å². The van der Waals surface area contributed by atoms with Crippen molar-refractivity contribution in [1.82, 2.24) is 4.98 Å². The number of benzene rings is 1. The average Bonchev–Trinajstić information content (AvgIpc) is 2.32. The van der Waals surface area contributed by atoms with Crippen LogP contribution in [0.2, 0.25) is 5.02 Å². The number of hydrogen-bond acceptors (Lipinski definition) is 3. The van der Waals surface area contributed by atoms with E-state index in [-0.39, 0.29) is 5.56 Å². The molecule has 1 heterocycles. The van der Waals surface area contributed by atoms with Crippen molar-refractivity contribution in [2.45, 2.75) is 0 Å². The van der Waals surface area contributed by atoms with Gasteiger partial charge in [-0.05, 0) is 30.3 Å². The minimum Gasteiger partial charge on any atom is -0.478 e. The fourth-order valence-corrected chi connectivity index (χ4v) is 1.57. The van der Waals surface area contributed by atoms with Crippen LogP contribution in [0.5, 0.6) is 0 Å². The third-order valence-electron chi connectivity index (χ3n) is 2.15. The van der Waals surface area contributed by atoms with E-state index >= 15 is 0 Å². The lowest BCUT2D eigenvalue weighted by Gasteiger charge is -2.09. The highest BCUT2D eigenvalue weighted by molar-refractivity contribution is 6.31. The van der Waals surface area contributed by atoms with Gasteiger partial charge in [-0.2, -0.15) is 0 Å². The molecule has 0 spiro atoms. The van der Waals surface area contributed by atoms with Crippen LogP contribution in [0.25, 0.3) is 0 Å². The first kappa shape index (κ1) is 11.4. The maximum Gasteiger partial charge on any atom is 0.337 e. The summed E-state index contributed by atoms with van der Waals surface area (Å²) in [6, 6.07) is 8.22. The van der Waals surface area contributed by atoms with Crippen molar-refractivity contribution >= 4 is 28.9 Å². The van der Waals surface area contributed by atoms with E-state index in [0.29, 0.717) is 10.7 Å². The summed E-state index contributed by atoms with van der Waals surface area (Å²) >= 11 is 5.76. The lowest BCUT2D eigenvalue weighted by molar-refractivity contribution is 0.0698. The Morgan fingerprint density at radius 3 is 2.82 bits per heavy atom. The SMILES string of the molecule is O=C(O)c1cc(Cl)ccc1Nc1cccnc1. The molecule has 17 heavy (non-hydrogen) atoms. The molecule has 0 aliphatic heterocycles. The molecule has 0 saturated heterocycles. The molecule has 4 nitrogen and oxygen atoms in total. The van der Waals surface area contributed by atoms with E-state index in [0.717, 1.165) is 5.69 Å².